The Balaban J connectivity index is 2.18. The Morgan fingerprint density at radius 3 is 2.71 bits per heavy atom. The van der Waals surface area contributed by atoms with Gasteiger partial charge in [0.2, 0.25) is 0 Å². The highest BCUT2D eigenvalue weighted by Gasteiger charge is 2.32. The molecule has 0 aromatic rings. The Morgan fingerprint density at radius 1 is 1.47 bits per heavy atom. The maximum atomic E-state index is 11.3. The smallest absolute Gasteiger partial charge is 0.315 e. The fourth-order valence-corrected chi connectivity index (χ4v) is 1.87. The third-order valence-electron chi connectivity index (χ3n) is 2.64. The first-order valence-corrected chi connectivity index (χ1v) is 5.96. The Morgan fingerprint density at radius 2 is 2.12 bits per heavy atom. The van der Waals surface area contributed by atoms with Gasteiger partial charge in [0, 0.05) is 19.5 Å². The van der Waals surface area contributed by atoms with Crippen LogP contribution in [0.1, 0.15) is 20.3 Å². The van der Waals surface area contributed by atoms with Crippen molar-refractivity contribution in [1.29, 1.82) is 0 Å². The average Bonchev–Trinajstić information content (AvgIpc) is 2.70. The van der Waals surface area contributed by atoms with Crippen molar-refractivity contribution in [2.24, 2.45) is 5.92 Å². The molecule has 2 N–H and O–H groups in total. The molecule has 0 radical (unpaired) electrons. The van der Waals surface area contributed by atoms with Gasteiger partial charge in [0.25, 0.3) is 0 Å². The van der Waals surface area contributed by atoms with Crippen molar-refractivity contribution in [1.82, 2.24) is 10.6 Å². The summed E-state index contributed by atoms with van der Waals surface area (Å²) in [5, 5.41) is 5.46. The lowest BCUT2D eigenvalue weighted by Gasteiger charge is -2.26. The normalized spacial score (nSPS) is 19.6. The van der Waals surface area contributed by atoms with E-state index in [1.807, 2.05) is 6.92 Å². The van der Waals surface area contributed by atoms with Gasteiger partial charge in [0.15, 0.2) is 5.79 Å². The van der Waals surface area contributed by atoms with Crippen LogP contribution in [-0.2, 0) is 9.47 Å². The van der Waals surface area contributed by atoms with Gasteiger partial charge in [0.1, 0.15) is 0 Å². The van der Waals surface area contributed by atoms with Gasteiger partial charge >= 0.3 is 6.03 Å². The molecule has 2 amide bonds. The fraction of sp³-hybridized carbons (Fsp3) is 0.750. The second-order valence-electron chi connectivity index (χ2n) is 4.52. The second kappa shape index (κ2) is 6.61. The van der Waals surface area contributed by atoms with Crippen molar-refractivity contribution in [2.45, 2.75) is 26.1 Å². The highest BCUT2D eigenvalue weighted by molar-refractivity contribution is 5.73. The van der Waals surface area contributed by atoms with Crippen molar-refractivity contribution >= 4 is 6.03 Å². The molecule has 0 aromatic heterocycles. The SMILES string of the molecule is C=CCNC(=O)NC[C@H](C)CC1(C)OCCO1. The molecule has 1 atom stereocenters. The predicted octanol–water partition coefficient (Wildman–Crippen LogP) is 1.26. The summed E-state index contributed by atoms with van der Waals surface area (Å²) in [7, 11) is 0. The number of rotatable bonds is 6. The number of carbonyl (C=O) groups is 1. The topological polar surface area (TPSA) is 59.6 Å². The van der Waals surface area contributed by atoms with Crippen LogP contribution in [0.5, 0.6) is 0 Å². The van der Waals surface area contributed by atoms with Crippen LogP contribution in [0.15, 0.2) is 12.7 Å². The second-order valence-corrected chi connectivity index (χ2v) is 4.52. The van der Waals surface area contributed by atoms with Crippen molar-refractivity contribution in [2.75, 3.05) is 26.3 Å². The first-order chi connectivity index (χ1) is 8.06. The van der Waals surface area contributed by atoms with E-state index >= 15 is 0 Å². The molecule has 5 heteroatoms. The van der Waals surface area contributed by atoms with Crippen molar-refractivity contribution in [3.63, 3.8) is 0 Å². The molecule has 0 saturated carbocycles. The monoisotopic (exact) mass is 242 g/mol. The van der Waals surface area contributed by atoms with E-state index in [4.69, 9.17) is 9.47 Å². The molecule has 1 aliphatic rings. The minimum Gasteiger partial charge on any atom is -0.348 e. The van der Waals surface area contributed by atoms with E-state index in [-0.39, 0.29) is 6.03 Å². The van der Waals surface area contributed by atoms with Crippen LogP contribution in [0.25, 0.3) is 0 Å². The van der Waals surface area contributed by atoms with Gasteiger partial charge in [-0.2, -0.15) is 0 Å². The average molecular weight is 242 g/mol. The van der Waals surface area contributed by atoms with E-state index in [9.17, 15) is 4.79 Å². The first kappa shape index (κ1) is 14.0. The summed E-state index contributed by atoms with van der Waals surface area (Å²) in [6.45, 7) is 9.91. The molecule has 1 heterocycles. The van der Waals surface area contributed by atoms with Crippen molar-refractivity contribution in [3.8, 4) is 0 Å². The van der Waals surface area contributed by atoms with Crippen molar-refractivity contribution in [3.05, 3.63) is 12.7 Å². The van der Waals surface area contributed by atoms with Gasteiger partial charge in [-0.05, 0) is 12.8 Å². The Bertz CT molecular complexity index is 262. The Labute approximate surface area is 103 Å². The van der Waals surface area contributed by atoms with Gasteiger partial charge < -0.3 is 20.1 Å². The number of nitrogens with one attached hydrogen (secondary N) is 2. The molecule has 1 rings (SSSR count). The molecule has 0 aliphatic carbocycles. The molecule has 1 aliphatic heterocycles. The summed E-state index contributed by atoms with van der Waals surface area (Å²) in [4.78, 5) is 11.3. The van der Waals surface area contributed by atoms with E-state index in [2.05, 4.69) is 24.1 Å². The summed E-state index contributed by atoms with van der Waals surface area (Å²) in [6, 6.07) is -0.171. The number of amides is 2. The van der Waals surface area contributed by atoms with E-state index in [0.717, 1.165) is 6.42 Å². The lowest BCUT2D eigenvalue weighted by Crippen LogP contribution is -2.39. The predicted molar refractivity (Wildman–Crippen MR) is 65.7 cm³/mol. The van der Waals surface area contributed by atoms with Crippen LogP contribution in [-0.4, -0.2) is 38.1 Å². The molecular weight excluding hydrogens is 220 g/mol. The van der Waals surface area contributed by atoms with E-state index in [1.165, 1.54) is 0 Å². The third-order valence-corrected chi connectivity index (χ3v) is 2.64. The number of carbonyl (C=O) groups excluding carboxylic acids is 1. The zero-order valence-corrected chi connectivity index (χ0v) is 10.6. The number of hydrogen-bond acceptors (Lipinski definition) is 3. The van der Waals surface area contributed by atoms with Crippen LogP contribution < -0.4 is 10.6 Å². The highest BCUT2D eigenvalue weighted by Crippen LogP contribution is 2.26. The summed E-state index contributed by atoms with van der Waals surface area (Å²) >= 11 is 0. The molecule has 17 heavy (non-hydrogen) atoms. The summed E-state index contributed by atoms with van der Waals surface area (Å²) in [5.74, 6) is -0.189. The molecule has 1 saturated heterocycles. The van der Waals surface area contributed by atoms with Gasteiger partial charge in [-0.3, -0.25) is 0 Å². The largest absolute Gasteiger partial charge is 0.348 e. The molecule has 0 bridgehead atoms. The zero-order chi connectivity index (χ0) is 12.7. The van der Waals surface area contributed by atoms with Gasteiger partial charge in [-0.15, -0.1) is 6.58 Å². The van der Waals surface area contributed by atoms with Gasteiger partial charge in [0.05, 0.1) is 13.2 Å². The lowest BCUT2D eigenvalue weighted by molar-refractivity contribution is -0.153. The van der Waals surface area contributed by atoms with Gasteiger partial charge in [-0.1, -0.05) is 13.0 Å². The van der Waals surface area contributed by atoms with Crippen LogP contribution in [0.4, 0.5) is 4.79 Å². The van der Waals surface area contributed by atoms with Gasteiger partial charge in [-0.25, -0.2) is 4.79 Å². The quantitative estimate of drug-likeness (QED) is 0.689. The van der Waals surface area contributed by atoms with Crippen LogP contribution in [0.3, 0.4) is 0 Å². The summed E-state index contributed by atoms with van der Waals surface area (Å²) in [5.41, 5.74) is 0. The fourth-order valence-electron chi connectivity index (χ4n) is 1.87. The van der Waals surface area contributed by atoms with Crippen LogP contribution in [0.2, 0.25) is 0 Å². The minimum atomic E-state index is -0.487. The molecule has 0 aromatic carbocycles. The van der Waals surface area contributed by atoms with E-state index < -0.39 is 5.79 Å². The third kappa shape index (κ3) is 5.19. The number of urea groups is 1. The molecular formula is C12H22N2O3. The van der Waals surface area contributed by atoms with Crippen LogP contribution in [0, 0.1) is 5.92 Å². The highest BCUT2D eigenvalue weighted by atomic mass is 16.7. The van der Waals surface area contributed by atoms with E-state index in [1.54, 1.807) is 6.08 Å². The molecule has 0 spiro atoms. The Kier molecular flexibility index (Phi) is 5.44. The lowest BCUT2D eigenvalue weighted by atomic mass is 10.0. The van der Waals surface area contributed by atoms with Crippen LogP contribution >= 0.6 is 0 Å². The standard InChI is InChI=1S/C12H22N2O3/c1-4-5-13-11(15)14-9-10(2)8-12(3)16-6-7-17-12/h4,10H,1,5-9H2,2-3H3,(H2,13,14,15)/t10-/m1/s1. The molecule has 0 unspecified atom stereocenters. The molecule has 5 nitrogen and oxygen atoms in total. The number of hydrogen-bond donors (Lipinski definition) is 2. The minimum absolute atomic E-state index is 0.171. The number of ether oxygens (including phenoxy) is 2. The van der Waals surface area contributed by atoms with E-state index in [0.29, 0.717) is 32.2 Å². The molecule has 98 valence electrons. The molecule has 1 fully saturated rings. The Hall–Kier alpha value is -1.07. The maximum Gasteiger partial charge on any atom is 0.315 e. The first-order valence-electron chi connectivity index (χ1n) is 5.96. The maximum absolute atomic E-state index is 11.3. The summed E-state index contributed by atoms with van der Waals surface area (Å²) < 4.78 is 11.0. The summed E-state index contributed by atoms with van der Waals surface area (Å²) in [6.07, 6.45) is 2.42. The van der Waals surface area contributed by atoms with Crippen molar-refractivity contribution < 1.29 is 14.3 Å². The zero-order valence-electron chi connectivity index (χ0n) is 10.6.